The van der Waals surface area contributed by atoms with Gasteiger partial charge in [0.2, 0.25) is 10.0 Å². The van der Waals surface area contributed by atoms with Crippen LogP contribution in [0.25, 0.3) is 0 Å². The van der Waals surface area contributed by atoms with Gasteiger partial charge in [0, 0.05) is 6.54 Å². The summed E-state index contributed by atoms with van der Waals surface area (Å²) in [5.41, 5.74) is 1.77. The Hall–Kier alpha value is -1.72. The molecule has 1 N–H and O–H groups in total. The van der Waals surface area contributed by atoms with Crippen LogP contribution in [-0.4, -0.2) is 15.0 Å². The van der Waals surface area contributed by atoms with Crippen molar-refractivity contribution in [2.45, 2.75) is 25.0 Å². The first kappa shape index (κ1) is 16.6. The van der Waals surface area contributed by atoms with E-state index in [9.17, 15) is 12.8 Å². The van der Waals surface area contributed by atoms with Gasteiger partial charge in [-0.15, -0.1) is 0 Å². The molecule has 2 aromatic carbocycles. The summed E-state index contributed by atoms with van der Waals surface area (Å²) >= 11 is 0. The van der Waals surface area contributed by atoms with E-state index in [1.54, 1.807) is 0 Å². The van der Waals surface area contributed by atoms with E-state index in [2.05, 4.69) is 11.6 Å². The standard InChI is InChI=1S/C17H20FNO2S/c1-14(16-5-3-2-4-6-16)11-12-19-22(20,21)13-15-7-9-17(18)10-8-15/h2-10,14,19H,11-13H2,1H3/t14-/m0/s1. The van der Waals surface area contributed by atoms with Gasteiger partial charge in [0.25, 0.3) is 0 Å². The highest BCUT2D eigenvalue weighted by molar-refractivity contribution is 7.88. The lowest BCUT2D eigenvalue weighted by molar-refractivity contribution is 0.571. The number of hydrogen-bond acceptors (Lipinski definition) is 2. The van der Waals surface area contributed by atoms with Crippen LogP contribution in [0.1, 0.15) is 30.4 Å². The number of benzene rings is 2. The molecule has 118 valence electrons. The minimum atomic E-state index is -3.40. The molecule has 2 rings (SSSR count). The first-order valence-corrected chi connectivity index (χ1v) is 8.88. The van der Waals surface area contributed by atoms with Gasteiger partial charge >= 0.3 is 0 Å². The Kier molecular flexibility index (Phi) is 5.69. The second-order valence-corrected chi connectivity index (χ2v) is 7.19. The summed E-state index contributed by atoms with van der Waals surface area (Å²) in [6, 6.07) is 15.5. The van der Waals surface area contributed by atoms with Crippen LogP contribution in [0.3, 0.4) is 0 Å². The van der Waals surface area contributed by atoms with Crippen molar-refractivity contribution in [1.29, 1.82) is 0 Å². The van der Waals surface area contributed by atoms with Crippen molar-refractivity contribution in [1.82, 2.24) is 4.72 Å². The van der Waals surface area contributed by atoms with Crippen LogP contribution in [0.5, 0.6) is 0 Å². The summed E-state index contributed by atoms with van der Waals surface area (Å²) in [5.74, 6) is -0.215. The largest absolute Gasteiger partial charge is 0.215 e. The molecule has 5 heteroatoms. The van der Waals surface area contributed by atoms with E-state index in [1.165, 1.54) is 29.8 Å². The first-order chi connectivity index (χ1) is 10.5. The van der Waals surface area contributed by atoms with Gasteiger partial charge in [-0.1, -0.05) is 49.4 Å². The van der Waals surface area contributed by atoms with Gasteiger partial charge in [-0.2, -0.15) is 0 Å². The van der Waals surface area contributed by atoms with Crippen LogP contribution in [0, 0.1) is 5.82 Å². The lowest BCUT2D eigenvalue weighted by Gasteiger charge is -2.12. The molecular weight excluding hydrogens is 301 g/mol. The lowest BCUT2D eigenvalue weighted by atomic mass is 9.98. The van der Waals surface area contributed by atoms with Crippen molar-refractivity contribution in [2.24, 2.45) is 0 Å². The van der Waals surface area contributed by atoms with Crippen LogP contribution in [0.15, 0.2) is 54.6 Å². The summed E-state index contributed by atoms with van der Waals surface area (Å²) in [5, 5.41) is 0. The van der Waals surface area contributed by atoms with Gasteiger partial charge in [-0.05, 0) is 35.6 Å². The predicted molar refractivity (Wildman–Crippen MR) is 86.5 cm³/mol. The van der Waals surface area contributed by atoms with Crippen molar-refractivity contribution in [3.8, 4) is 0 Å². The minimum Gasteiger partial charge on any atom is -0.215 e. The molecule has 0 fully saturated rings. The summed E-state index contributed by atoms with van der Waals surface area (Å²) in [7, 11) is -3.40. The summed E-state index contributed by atoms with van der Waals surface area (Å²) < 4.78 is 39.4. The van der Waals surface area contributed by atoms with Gasteiger partial charge in [-0.25, -0.2) is 17.5 Å². The van der Waals surface area contributed by atoms with Gasteiger partial charge in [0.05, 0.1) is 5.75 Å². The van der Waals surface area contributed by atoms with E-state index in [0.29, 0.717) is 12.1 Å². The zero-order valence-corrected chi connectivity index (χ0v) is 13.3. The van der Waals surface area contributed by atoms with Crippen LogP contribution >= 0.6 is 0 Å². The fourth-order valence-corrected chi connectivity index (χ4v) is 3.39. The molecular formula is C17H20FNO2S. The Morgan fingerprint density at radius 3 is 2.32 bits per heavy atom. The molecule has 0 saturated carbocycles. The molecule has 0 aliphatic heterocycles. The normalized spacial score (nSPS) is 13.0. The van der Waals surface area contributed by atoms with Crippen LogP contribution in [-0.2, 0) is 15.8 Å². The third-order valence-corrected chi connectivity index (χ3v) is 4.90. The highest BCUT2D eigenvalue weighted by atomic mass is 32.2. The summed E-state index contributed by atoms with van der Waals surface area (Å²) in [6.45, 7) is 2.46. The zero-order chi connectivity index (χ0) is 16.0. The third-order valence-electron chi connectivity index (χ3n) is 3.54. The SMILES string of the molecule is C[C@@H](CCNS(=O)(=O)Cc1ccc(F)cc1)c1ccccc1. The highest BCUT2D eigenvalue weighted by Gasteiger charge is 2.12. The molecule has 0 bridgehead atoms. The van der Waals surface area contributed by atoms with E-state index in [0.717, 1.165) is 6.42 Å². The molecule has 0 aliphatic rings. The monoisotopic (exact) mass is 321 g/mol. The average Bonchev–Trinajstić information content (AvgIpc) is 2.50. The molecule has 0 aromatic heterocycles. The Morgan fingerprint density at radius 2 is 1.68 bits per heavy atom. The number of rotatable bonds is 7. The zero-order valence-electron chi connectivity index (χ0n) is 12.5. The average molecular weight is 321 g/mol. The summed E-state index contributed by atoms with van der Waals surface area (Å²) in [6.07, 6.45) is 0.729. The molecule has 0 unspecified atom stereocenters. The molecule has 0 spiro atoms. The lowest BCUT2D eigenvalue weighted by Crippen LogP contribution is -2.27. The molecule has 3 nitrogen and oxygen atoms in total. The minimum absolute atomic E-state index is 0.132. The van der Waals surface area contributed by atoms with Gasteiger partial charge in [-0.3, -0.25) is 0 Å². The Bertz CT molecular complexity index is 684. The van der Waals surface area contributed by atoms with Crippen molar-refractivity contribution in [3.05, 3.63) is 71.5 Å². The molecule has 2 aromatic rings. The van der Waals surface area contributed by atoms with E-state index >= 15 is 0 Å². The van der Waals surface area contributed by atoms with Crippen LogP contribution in [0.2, 0.25) is 0 Å². The second kappa shape index (κ2) is 7.51. The number of hydrogen-bond donors (Lipinski definition) is 1. The highest BCUT2D eigenvalue weighted by Crippen LogP contribution is 2.17. The second-order valence-electron chi connectivity index (χ2n) is 5.38. The molecule has 0 radical (unpaired) electrons. The fourth-order valence-electron chi connectivity index (χ4n) is 2.23. The third kappa shape index (κ3) is 5.24. The quantitative estimate of drug-likeness (QED) is 0.849. The van der Waals surface area contributed by atoms with Crippen molar-refractivity contribution < 1.29 is 12.8 Å². The smallest absolute Gasteiger partial charge is 0.215 e. The Labute approximate surface area is 131 Å². The molecule has 0 aliphatic carbocycles. The van der Waals surface area contributed by atoms with Crippen LogP contribution in [0.4, 0.5) is 4.39 Å². The van der Waals surface area contributed by atoms with E-state index in [4.69, 9.17) is 0 Å². The van der Waals surface area contributed by atoms with E-state index in [1.807, 2.05) is 30.3 Å². The Balaban J connectivity index is 1.84. The van der Waals surface area contributed by atoms with Crippen LogP contribution < -0.4 is 4.72 Å². The predicted octanol–water partition coefficient (Wildman–Crippen LogP) is 3.44. The number of halogens is 1. The van der Waals surface area contributed by atoms with E-state index < -0.39 is 10.0 Å². The maximum absolute atomic E-state index is 12.8. The van der Waals surface area contributed by atoms with Crippen molar-refractivity contribution in [3.63, 3.8) is 0 Å². The number of sulfonamides is 1. The molecule has 0 amide bonds. The van der Waals surface area contributed by atoms with Gasteiger partial charge in [0.15, 0.2) is 0 Å². The Morgan fingerprint density at radius 1 is 1.05 bits per heavy atom. The fraction of sp³-hybridized carbons (Fsp3) is 0.294. The molecule has 0 heterocycles. The molecule has 0 saturated heterocycles. The maximum Gasteiger partial charge on any atom is 0.215 e. The van der Waals surface area contributed by atoms with Crippen molar-refractivity contribution >= 4 is 10.0 Å². The number of nitrogens with one attached hydrogen (secondary N) is 1. The van der Waals surface area contributed by atoms with Gasteiger partial charge < -0.3 is 0 Å². The first-order valence-electron chi connectivity index (χ1n) is 7.23. The molecule has 22 heavy (non-hydrogen) atoms. The summed E-state index contributed by atoms with van der Waals surface area (Å²) in [4.78, 5) is 0. The topological polar surface area (TPSA) is 46.2 Å². The molecule has 1 atom stereocenters. The maximum atomic E-state index is 12.8. The van der Waals surface area contributed by atoms with E-state index in [-0.39, 0.29) is 17.5 Å². The van der Waals surface area contributed by atoms with Crippen molar-refractivity contribution in [2.75, 3.05) is 6.54 Å². The van der Waals surface area contributed by atoms with Gasteiger partial charge in [0.1, 0.15) is 5.82 Å².